The lowest BCUT2D eigenvalue weighted by molar-refractivity contribution is 0.203. The minimum Gasteiger partial charge on any atom is -0.465 e. The molecule has 1 aromatic carbocycles. The number of tetrazole rings is 1. The Morgan fingerprint density at radius 1 is 1.16 bits per heavy atom. The second-order valence-electron chi connectivity index (χ2n) is 8.66. The van der Waals surface area contributed by atoms with Gasteiger partial charge in [0.2, 0.25) is 0 Å². The van der Waals surface area contributed by atoms with Gasteiger partial charge in [0.1, 0.15) is 18.0 Å². The Bertz CT molecular complexity index is 1710. The first kappa shape index (κ1) is 23.5. The molecule has 0 saturated carbocycles. The molecule has 190 valence electrons. The van der Waals surface area contributed by atoms with Crippen molar-refractivity contribution in [2.75, 3.05) is 11.9 Å². The number of fused-ring (bicyclic) bond motifs is 1. The number of amides is 1. The van der Waals surface area contributed by atoms with Crippen LogP contribution < -0.4 is 10.5 Å². The Labute approximate surface area is 219 Å². The van der Waals surface area contributed by atoms with E-state index in [1.165, 1.54) is 30.3 Å². The summed E-state index contributed by atoms with van der Waals surface area (Å²) in [5.74, 6) is 1.25. The van der Waals surface area contributed by atoms with E-state index in [-0.39, 0.29) is 11.6 Å². The molecule has 1 aliphatic heterocycles. The lowest BCUT2D eigenvalue weighted by atomic mass is 10.1. The van der Waals surface area contributed by atoms with Gasteiger partial charge in [0.15, 0.2) is 0 Å². The van der Waals surface area contributed by atoms with Gasteiger partial charge in [0.25, 0.3) is 5.56 Å². The molecular formula is C24H19ClN10O3. The van der Waals surface area contributed by atoms with Crippen LogP contribution in [0.3, 0.4) is 0 Å². The summed E-state index contributed by atoms with van der Waals surface area (Å²) < 4.78 is 3.14. The van der Waals surface area contributed by atoms with Crippen molar-refractivity contribution in [1.82, 2.24) is 44.7 Å². The number of aromatic amines is 1. The molecule has 0 spiro atoms. The predicted molar refractivity (Wildman–Crippen MR) is 136 cm³/mol. The van der Waals surface area contributed by atoms with Gasteiger partial charge in [0.05, 0.1) is 46.9 Å². The second-order valence-corrected chi connectivity index (χ2v) is 9.10. The standard InChI is InChI=1S/C24H19ClN10O3/c1-33(24(37)38)14-3-4-16(26-10-14)18-11-27-23(30-18)20-6-7-21-29-17(9-22(36)35(20)21)15-8-13(25)2-5-19(15)34-12-28-31-32-34/h2-5,8-12,20H,6-7H2,1H3,(H,27,30)(H,37,38)/t20-/m0/s1. The van der Waals surface area contributed by atoms with Gasteiger partial charge in [-0.1, -0.05) is 11.6 Å². The Morgan fingerprint density at radius 2 is 2.03 bits per heavy atom. The van der Waals surface area contributed by atoms with E-state index in [9.17, 15) is 9.59 Å². The number of benzene rings is 1. The number of anilines is 1. The van der Waals surface area contributed by atoms with E-state index >= 15 is 0 Å². The van der Waals surface area contributed by atoms with Gasteiger partial charge < -0.3 is 10.1 Å². The third-order valence-electron chi connectivity index (χ3n) is 6.42. The van der Waals surface area contributed by atoms with Gasteiger partial charge in [-0.05, 0) is 47.2 Å². The van der Waals surface area contributed by atoms with E-state index in [2.05, 4.69) is 30.5 Å². The quantitative estimate of drug-likeness (QED) is 0.348. The maximum Gasteiger partial charge on any atom is 0.411 e. The van der Waals surface area contributed by atoms with Gasteiger partial charge in [-0.25, -0.2) is 14.8 Å². The van der Waals surface area contributed by atoms with Crippen LogP contribution in [0.1, 0.15) is 24.1 Å². The minimum atomic E-state index is -1.08. The Balaban J connectivity index is 1.32. The Morgan fingerprint density at radius 3 is 2.76 bits per heavy atom. The number of halogens is 1. The van der Waals surface area contributed by atoms with Crippen molar-refractivity contribution in [3.63, 3.8) is 0 Å². The molecule has 38 heavy (non-hydrogen) atoms. The monoisotopic (exact) mass is 530 g/mol. The highest BCUT2D eigenvalue weighted by molar-refractivity contribution is 6.31. The molecule has 1 amide bonds. The smallest absolute Gasteiger partial charge is 0.411 e. The van der Waals surface area contributed by atoms with Crippen LogP contribution in [0.5, 0.6) is 0 Å². The van der Waals surface area contributed by atoms with Crippen molar-refractivity contribution in [2.45, 2.75) is 18.9 Å². The number of carbonyl (C=O) groups is 1. The van der Waals surface area contributed by atoms with E-state index in [1.54, 1.807) is 41.1 Å². The first-order valence-corrected chi connectivity index (χ1v) is 11.9. The predicted octanol–water partition coefficient (Wildman–Crippen LogP) is 2.97. The summed E-state index contributed by atoms with van der Waals surface area (Å²) in [5, 5.41) is 21.0. The van der Waals surface area contributed by atoms with E-state index in [0.29, 0.717) is 63.5 Å². The first-order chi connectivity index (χ1) is 18.4. The fourth-order valence-corrected chi connectivity index (χ4v) is 4.69. The zero-order valence-electron chi connectivity index (χ0n) is 19.9. The van der Waals surface area contributed by atoms with Gasteiger partial charge in [-0.15, -0.1) is 5.10 Å². The lowest BCUT2D eigenvalue weighted by Crippen LogP contribution is -2.25. The number of nitrogens with one attached hydrogen (secondary N) is 1. The van der Waals surface area contributed by atoms with Crippen molar-refractivity contribution in [3.05, 3.63) is 82.1 Å². The fourth-order valence-electron chi connectivity index (χ4n) is 4.52. The molecule has 4 aromatic heterocycles. The van der Waals surface area contributed by atoms with Crippen LogP contribution in [0.2, 0.25) is 5.02 Å². The van der Waals surface area contributed by atoms with Crippen LogP contribution in [0.25, 0.3) is 28.3 Å². The lowest BCUT2D eigenvalue weighted by Gasteiger charge is -2.14. The molecule has 0 fully saturated rings. The first-order valence-electron chi connectivity index (χ1n) is 11.5. The largest absolute Gasteiger partial charge is 0.465 e. The molecule has 13 nitrogen and oxygen atoms in total. The third kappa shape index (κ3) is 4.08. The van der Waals surface area contributed by atoms with Gasteiger partial charge in [0, 0.05) is 30.1 Å². The topological polar surface area (TPSA) is 161 Å². The molecule has 0 saturated heterocycles. The number of rotatable bonds is 5. The van der Waals surface area contributed by atoms with Crippen molar-refractivity contribution in [3.8, 4) is 28.3 Å². The average molecular weight is 531 g/mol. The molecule has 0 bridgehead atoms. The van der Waals surface area contributed by atoms with Crippen LogP contribution in [0.15, 0.2) is 59.9 Å². The highest BCUT2D eigenvalue weighted by Crippen LogP contribution is 2.32. The number of H-pyrrole nitrogens is 1. The number of aromatic nitrogens is 9. The molecule has 1 atom stereocenters. The molecule has 5 heterocycles. The Kier molecular flexibility index (Phi) is 5.68. The Hall–Kier alpha value is -4.91. The second kappa shape index (κ2) is 9.19. The maximum absolute atomic E-state index is 13.3. The van der Waals surface area contributed by atoms with Gasteiger partial charge in [-0.2, -0.15) is 4.68 Å². The molecule has 6 rings (SSSR count). The molecule has 0 radical (unpaired) electrons. The summed E-state index contributed by atoms with van der Waals surface area (Å²) >= 11 is 6.26. The minimum absolute atomic E-state index is 0.215. The molecule has 0 unspecified atom stereocenters. The number of imidazole rings is 1. The summed E-state index contributed by atoms with van der Waals surface area (Å²) in [6.45, 7) is 0. The van der Waals surface area contributed by atoms with E-state index in [0.717, 1.165) is 4.90 Å². The van der Waals surface area contributed by atoms with Crippen LogP contribution in [0.4, 0.5) is 10.5 Å². The number of carboxylic acid groups (broad SMARTS) is 1. The fraction of sp³-hybridized carbons (Fsp3) is 0.167. The summed E-state index contributed by atoms with van der Waals surface area (Å²) in [4.78, 5) is 42.5. The van der Waals surface area contributed by atoms with Crippen molar-refractivity contribution in [2.24, 2.45) is 0 Å². The van der Waals surface area contributed by atoms with E-state index in [1.807, 2.05) is 0 Å². The highest BCUT2D eigenvalue weighted by atomic mass is 35.5. The van der Waals surface area contributed by atoms with Gasteiger partial charge >= 0.3 is 6.09 Å². The number of hydrogen-bond donors (Lipinski definition) is 2. The zero-order valence-corrected chi connectivity index (χ0v) is 20.6. The van der Waals surface area contributed by atoms with Crippen LogP contribution in [-0.4, -0.2) is 63.0 Å². The third-order valence-corrected chi connectivity index (χ3v) is 6.65. The summed E-state index contributed by atoms with van der Waals surface area (Å²) in [6.07, 6.45) is 4.73. The summed E-state index contributed by atoms with van der Waals surface area (Å²) in [7, 11) is 1.45. The van der Waals surface area contributed by atoms with Crippen LogP contribution in [0, 0.1) is 0 Å². The van der Waals surface area contributed by atoms with Crippen molar-refractivity contribution >= 4 is 23.4 Å². The molecule has 0 aliphatic carbocycles. The van der Waals surface area contributed by atoms with Gasteiger partial charge in [-0.3, -0.25) is 19.2 Å². The molecule has 1 aliphatic rings. The molecular weight excluding hydrogens is 512 g/mol. The summed E-state index contributed by atoms with van der Waals surface area (Å²) in [6, 6.07) is 9.76. The van der Waals surface area contributed by atoms with Crippen molar-refractivity contribution < 1.29 is 9.90 Å². The number of nitrogens with zero attached hydrogens (tertiary/aromatic N) is 9. The number of pyridine rings is 1. The number of hydrogen-bond acceptors (Lipinski definition) is 8. The molecule has 5 aromatic rings. The SMILES string of the molecule is CN(C(=O)O)c1ccc(-c2cnc([C@@H]3CCc4nc(-c5cc(Cl)ccc5-n5cnnn5)cc(=O)n43)[nH]2)nc1. The average Bonchev–Trinajstić information content (AvgIpc) is 3.69. The van der Waals surface area contributed by atoms with Crippen LogP contribution >= 0.6 is 11.6 Å². The molecule has 14 heteroatoms. The number of aryl methyl sites for hydroxylation is 1. The van der Waals surface area contributed by atoms with Crippen LogP contribution in [-0.2, 0) is 6.42 Å². The van der Waals surface area contributed by atoms with Crippen molar-refractivity contribution in [1.29, 1.82) is 0 Å². The maximum atomic E-state index is 13.3. The molecule has 2 N–H and O–H groups in total. The zero-order chi connectivity index (χ0) is 26.4. The summed E-state index contributed by atoms with van der Waals surface area (Å²) in [5.41, 5.74) is 3.24. The van der Waals surface area contributed by atoms with E-state index < -0.39 is 6.09 Å². The normalized spacial score (nSPS) is 14.4. The van der Waals surface area contributed by atoms with E-state index in [4.69, 9.17) is 21.7 Å². The highest BCUT2D eigenvalue weighted by Gasteiger charge is 2.29.